The predicted molar refractivity (Wildman–Crippen MR) is 84.1 cm³/mol. The molecule has 1 amide bonds. The minimum atomic E-state index is 0.265. The van der Waals surface area contributed by atoms with Gasteiger partial charge in [-0.3, -0.25) is 4.79 Å². The molecule has 1 aromatic carbocycles. The number of alkyl halides is 1. The second kappa shape index (κ2) is 8.31. The first-order valence-corrected chi connectivity index (χ1v) is 8.24. The van der Waals surface area contributed by atoms with Gasteiger partial charge in [0.2, 0.25) is 5.91 Å². The van der Waals surface area contributed by atoms with Crippen LogP contribution in [0.4, 0.5) is 0 Å². The monoisotopic (exact) mass is 293 g/mol. The summed E-state index contributed by atoms with van der Waals surface area (Å²) < 4.78 is 0. The van der Waals surface area contributed by atoms with Crippen LogP contribution in [-0.2, 0) is 11.2 Å². The molecule has 1 aliphatic carbocycles. The van der Waals surface area contributed by atoms with Crippen molar-refractivity contribution in [2.75, 3.05) is 12.4 Å². The van der Waals surface area contributed by atoms with Gasteiger partial charge in [-0.15, -0.1) is 11.6 Å². The Morgan fingerprint density at radius 1 is 1.15 bits per heavy atom. The van der Waals surface area contributed by atoms with Crippen molar-refractivity contribution in [2.45, 2.75) is 51.0 Å². The van der Waals surface area contributed by atoms with E-state index in [4.69, 9.17) is 11.6 Å². The zero-order valence-electron chi connectivity index (χ0n) is 12.1. The number of aryl methyl sites for hydroxylation is 1. The molecule has 1 fully saturated rings. The van der Waals surface area contributed by atoms with Crippen LogP contribution < -0.4 is 0 Å². The second-order valence-electron chi connectivity index (χ2n) is 5.55. The normalized spacial score (nSPS) is 16.1. The summed E-state index contributed by atoms with van der Waals surface area (Å²) in [5.41, 5.74) is 1.23. The molecule has 0 radical (unpaired) electrons. The van der Waals surface area contributed by atoms with Gasteiger partial charge in [-0.1, -0.05) is 49.6 Å². The first-order valence-electron chi connectivity index (χ1n) is 7.70. The van der Waals surface area contributed by atoms with Crippen molar-refractivity contribution < 1.29 is 4.79 Å². The molecule has 0 atom stereocenters. The number of halogens is 1. The molecule has 2 nitrogen and oxygen atoms in total. The fourth-order valence-corrected chi connectivity index (χ4v) is 3.22. The average molecular weight is 294 g/mol. The maximum atomic E-state index is 12.5. The maximum Gasteiger partial charge on any atom is 0.223 e. The van der Waals surface area contributed by atoms with Gasteiger partial charge >= 0.3 is 0 Å². The van der Waals surface area contributed by atoms with Crippen molar-refractivity contribution in [2.24, 2.45) is 0 Å². The van der Waals surface area contributed by atoms with Crippen LogP contribution in [0.5, 0.6) is 0 Å². The molecular formula is C17H24ClNO. The number of nitrogens with zero attached hydrogens (tertiary/aromatic N) is 1. The Morgan fingerprint density at radius 3 is 2.50 bits per heavy atom. The topological polar surface area (TPSA) is 20.3 Å². The summed E-state index contributed by atoms with van der Waals surface area (Å²) in [5.74, 6) is 0.800. The highest BCUT2D eigenvalue weighted by Gasteiger charge is 2.24. The molecule has 1 aromatic rings. The van der Waals surface area contributed by atoms with Crippen molar-refractivity contribution in [3.05, 3.63) is 35.9 Å². The molecule has 0 heterocycles. The Balaban J connectivity index is 1.89. The highest BCUT2D eigenvalue weighted by Crippen LogP contribution is 2.23. The molecule has 1 aliphatic rings. The fraction of sp³-hybridized carbons (Fsp3) is 0.588. The third kappa shape index (κ3) is 4.52. The number of carbonyl (C=O) groups excluding carboxylic acids is 1. The maximum absolute atomic E-state index is 12.5. The van der Waals surface area contributed by atoms with Crippen molar-refractivity contribution >= 4 is 17.5 Å². The Labute approximate surface area is 127 Å². The van der Waals surface area contributed by atoms with Gasteiger partial charge in [-0.05, 0) is 24.8 Å². The van der Waals surface area contributed by atoms with E-state index in [0.717, 1.165) is 19.3 Å². The van der Waals surface area contributed by atoms with E-state index in [2.05, 4.69) is 12.1 Å². The van der Waals surface area contributed by atoms with Crippen molar-refractivity contribution in [1.29, 1.82) is 0 Å². The number of benzene rings is 1. The molecular weight excluding hydrogens is 270 g/mol. The van der Waals surface area contributed by atoms with Crippen LogP contribution in [0.3, 0.4) is 0 Å². The van der Waals surface area contributed by atoms with Gasteiger partial charge in [0.15, 0.2) is 0 Å². The highest BCUT2D eigenvalue weighted by atomic mass is 35.5. The number of rotatable bonds is 6. The zero-order chi connectivity index (χ0) is 14.2. The summed E-state index contributed by atoms with van der Waals surface area (Å²) in [4.78, 5) is 14.5. The first-order chi connectivity index (χ1) is 9.81. The lowest BCUT2D eigenvalue weighted by molar-refractivity contribution is -0.133. The van der Waals surface area contributed by atoms with E-state index in [9.17, 15) is 4.79 Å². The van der Waals surface area contributed by atoms with Gasteiger partial charge in [-0.25, -0.2) is 0 Å². The lowest BCUT2D eigenvalue weighted by atomic mass is 9.94. The number of hydrogen-bond donors (Lipinski definition) is 0. The quantitative estimate of drug-likeness (QED) is 0.726. The van der Waals surface area contributed by atoms with Crippen LogP contribution in [0.1, 0.15) is 44.1 Å². The molecule has 1 saturated carbocycles. The average Bonchev–Trinajstić information content (AvgIpc) is 2.52. The smallest absolute Gasteiger partial charge is 0.223 e. The summed E-state index contributed by atoms with van der Waals surface area (Å²) in [7, 11) is 0. The first kappa shape index (κ1) is 15.4. The summed E-state index contributed by atoms with van der Waals surface area (Å²) in [6, 6.07) is 10.6. The van der Waals surface area contributed by atoms with E-state index in [1.807, 2.05) is 23.1 Å². The van der Waals surface area contributed by atoms with Crippen LogP contribution in [0.25, 0.3) is 0 Å². The molecule has 0 spiro atoms. The summed E-state index contributed by atoms with van der Waals surface area (Å²) in [6.07, 6.45) is 7.51. The Hall–Kier alpha value is -1.02. The predicted octanol–water partition coefficient (Wildman–Crippen LogP) is 4.02. The Bertz CT molecular complexity index is 401. The van der Waals surface area contributed by atoms with Crippen LogP contribution in [-0.4, -0.2) is 29.3 Å². The van der Waals surface area contributed by atoms with Gasteiger partial charge in [-0.2, -0.15) is 0 Å². The van der Waals surface area contributed by atoms with Crippen LogP contribution in [0.15, 0.2) is 30.3 Å². The lowest BCUT2D eigenvalue weighted by Gasteiger charge is -2.34. The SMILES string of the molecule is O=C(CCc1ccccc1)N(CCCl)C1CCCCC1. The summed E-state index contributed by atoms with van der Waals surface area (Å²) in [6.45, 7) is 0.694. The molecule has 0 aromatic heterocycles. The van der Waals surface area contributed by atoms with E-state index >= 15 is 0 Å². The molecule has 3 heteroatoms. The molecule has 0 saturated heterocycles. The molecule has 0 N–H and O–H groups in total. The van der Waals surface area contributed by atoms with Crippen LogP contribution in [0, 0.1) is 0 Å². The van der Waals surface area contributed by atoms with E-state index < -0.39 is 0 Å². The van der Waals surface area contributed by atoms with Crippen LogP contribution in [0.2, 0.25) is 0 Å². The Morgan fingerprint density at radius 2 is 1.85 bits per heavy atom. The second-order valence-corrected chi connectivity index (χ2v) is 5.93. The molecule has 20 heavy (non-hydrogen) atoms. The van der Waals surface area contributed by atoms with Gasteiger partial charge < -0.3 is 4.90 Å². The minimum absolute atomic E-state index is 0.265. The number of amides is 1. The van der Waals surface area contributed by atoms with Gasteiger partial charge in [0.25, 0.3) is 0 Å². The third-order valence-electron chi connectivity index (χ3n) is 4.13. The largest absolute Gasteiger partial charge is 0.339 e. The van der Waals surface area contributed by atoms with Gasteiger partial charge in [0, 0.05) is 24.9 Å². The van der Waals surface area contributed by atoms with E-state index in [1.165, 1.54) is 24.8 Å². The lowest BCUT2D eigenvalue weighted by Crippen LogP contribution is -2.42. The minimum Gasteiger partial charge on any atom is -0.339 e. The number of hydrogen-bond acceptors (Lipinski definition) is 1. The van der Waals surface area contributed by atoms with E-state index in [1.54, 1.807) is 0 Å². The van der Waals surface area contributed by atoms with Crippen molar-refractivity contribution in [3.63, 3.8) is 0 Å². The molecule has 110 valence electrons. The van der Waals surface area contributed by atoms with Crippen LogP contribution >= 0.6 is 11.6 Å². The van der Waals surface area contributed by atoms with Gasteiger partial charge in [0.05, 0.1) is 0 Å². The van der Waals surface area contributed by atoms with E-state index in [0.29, 0.717) is 24.9 Å². The molecule has 0 unspecified atom stereocenters. The Kier molecular flexibility index (Phi) is 6.38. The van der Waals surface area contributed by atoms with Gasteiger partial charge in [0.1, 0.15) is 0 Å². The highest BCUT2D eigenvalue weighted by molar-refractivity contribution is 6.18. The summed E-state index contributed by atoms with van der Waals surface area (Å²) >= 11 is 5.88. The molecule has 0 bridgehead atoms. The van der Waals surface area contributed by atoms with Crippen molar-refractivity contribution in [1.82, 2.24) is 4.90 Å². The molecule has 0 aliphatic heterocycles. The fourth-order valence-electron chi connectivity index (χ4n) is 3.03. The standard InChI is InChI=1S/C17H24ClNO/c18-13-14-19(16-9-5-2-6-10-16)17(20)12-11-15-7-3-1-4-8-15/h1,3-4,7-8,16H,2,5-6,9-14H2. The zero-order valence-corrected chi connectivity index (χ0v) is 12.8. The van der Waals surface area contributed by atoms with Crippen molar-refractivity contribution in [3.8, 4) is 0 Å². The van der Waals surface area contributed by atoms with E-state index in [-0.39, 0.29) is 5.91 Å². The third-order valence-corrected chi connectivity index (χ3v) is 4.30. The molecule has 2 rings (SSSR count). The number of carbonyl (C=O) groups is 1. The summed E-state index contributed by atoms with van der Waals surface area (Å²) in [5, 5.41) is 0.